The van der Waals surface area contributed by atoms with Gasteiger partial charge in [-0.2, -0.15) is 0 Å². The summed E-state index contributed by atoms with van der Waals surface area (Å²) in [5.41, 5.74) is 2.13. The van der Waals surface area contributed by atoms with E-state index in [9.17, 15) is 5.11 Å². The Morgan fingerprint density at radius 1 is 1.04 bits per heavy atom. The molecule has 3 aromatic rings. The second-order valence-electron chi connectivity index (χ2n) is 6.52. The van der Waals surface area contributed by atoms with Gasteiger partial charge in [-0.25, -0.2) is 4.98 Å². The Balaban J connectivity index is 1.36. The van der Waals surface area contributed by atoms with Crippen molar-refractivity contribution in [1.82, 2.24) is 9.88 Å². The van der Waals surface area contributed by atoms with Crippen molar-refractivity contribution in [2.75, 3.05) is 19.6 Å². The van der Waals surface area contributed by atoms with Crippen molar-refractivity contribution in [2.24, 2.45) is 0 Å². The highest BCUT2D eigenvalue weighted by molar-refractivity contribution is 7.18. The summed E-state index contributed by atoms with van der Waals surface area (Å²) in [6, 6.07) is 18.3. The van der Waals surface area contributed by atoms with Crippen LogP contribution in [0.5, 0.6) is 0 Å². The smallest absolute Gasteiger partial charge is 0.0970 e. The van der Waals surface area contributed by atoms with Crippen LogP contribution in [0.25, 0.3) is 10.2 Å². The molecule has 24 heavy (non-hydrogen) atoms. The van der Waals surface area contributed by atoms with E-state index in [-0.39, 0.29) is 0 Å². The molecule has 0 saturated carbocycles. The predicted molar refractivity (Wildman–Crippen MR) is 99.4 cm³/mol. The zero-order chi connectivity index (χ0) is 16.4. The monoisotopic (exact) mass is 338 g/mol. The lowest BCUT2D eigenvalue weighted by Crippen LogP contribution is -2.36. The molecule has 2 aromatic carbocycles. The number of nitrogens with zero attached hydrogens (tertiary/aromatic N) is 2. The number of fused-ring (bicyclic) bond motifs is 1. The van der Waals surface area contributed by atoms with Crippen LogP contribution in [0.2, 0.25) is 0 Å². The molecule has 1 N–H and O–H groups in total. The number of thiazole rings is 1. The van der Waals surface area contributed by atoms with Crippen LogP contribution in [0, 0.1) is 0 Å². The molecule has 4 rings (SSSR count). The van der Waals surface area contributed by atoms with Gasteiger partial charge in [-0.1, -0.05) is 42.5 Å². The van der Waals surface area contributed by atoms with Crippen LogP contribution in [0.1, 0.15) is 35.4 Å². The average molecular weight is 338 g/mol. The minimum absolute atomic E-state index is 0.398. The van der Waals surface area contributed by atoms with Crippen LogP contribution in [-0.2, 0) is 0 Å². The van der Waals surface area contributed by atoms with E-state index in [4.69, 9.17) is 4.98 Å². The molecule has 3 nitrogen and oxygen atoms in total. The minimum Gasteiger partial charge on any atom is -0.387 e. The number of aromatic nitrogens is 1. The van der Waals surface area contributed by atoms with Crippen molar-refractivity contribution in [1.29, 1.82) is 0 Å². The maximum Gasteiger partial charge on any atom is 0.0970 e. The van der Waals surface area contributed by atoms with Crippen LogP contribution in [-0.4, -0.2) is 34.6 Å². The standard InChI is InChI=1S/C20H22N2OS/c23-18(15-6-2-1-3-7-15)14-22-12-10-16(11-13-22)20-21-17-8-4-5-9-19(17)24-20/h1-9,16,18,23H,10-14H2/t18-/m1/s1. The Labute approximate surface area is 146 Å². The number of hydrogen-bond donors (Lipinski definition) is 1. The molecular weight excluding hydrogens is 316 g/mol. The summed E-state index contributed by atoms with van der Waals surface area (Å²) in [5, 5.41) is 11.7. The van der Waals surface area contributed by atoms with Crippen LogP contribution >= 0.6 is 11.3 Å². The first-order valence-electron chi connectivity index (χ1n) is 8.60. The molecule has 1 aromatic heterocycles. The molecule has 0 bridgehead atoms. The van der Waals surface area contributed by atoms with Gasteiger partial charge in [-0.05, 0) is 43.6 Å². The van der Waals surface area contributed by atoms with Crippen molar-refractivity contribution in [2.45, 2.75) is 24.9 Å². The van der Waals surface area contributed by atoms with Gasteiger partial charge < -0.3 is 10.0 Å². The van der Waals surface area contributed by atoms with Gasteiger partial charge in [0.2, 0.25) is 0 Å². The third kappa shape index (κ3) is 3.36. The molecule has 0 aliphatic carbocycles. The summed E-state index contributed by atoms with van der Waals surface area (Å²) in [4.78, 5) is 7.20. The number of aliphatic hydroxyl groups excluding tert-OH is 1. The number of piperidine rings is 1. The van der Waals surface area contributed by atoms with Crippen LogP contribution < -0.4 is 0 Å². The van der Waals surface area contributed by atoms with Crippen LogP contribution in [0.15, 0.2) is 54.6 Å². The molecule has 124 valence electrons. The summed E-state index contributed by atoms with van der Waals surface area (Å²) < 4.78 is 1.29. The Kier molecular flexibility index (Phi) is 4.60. The Bertz CT molecular complexity index is 761. The van der Waals surface area contributed by atoms with E-state index in [0.29, 0.717) is 5.92 Å². The van der Waals surface area contributed by atoms with E-state index < -0.39 is 6.10 Å². The third-order valence-corrected chi connectivity index (χ3v) is 6.06. The fourth-order valence-electron chi connectivity index (χ4n) is 3.45. The molecule has 1 saturated heterocycles. The summed E-state index contributed by atoms with van der Waals surface area (Å²) in [7, 11) is 0. The number of aliphatic hydroxyl groups is 1. The molecule has 1 aliphatic rings. The van der Waals surface area contributed by atoms with Gasteiger partial charge in [0.1, 0.15) is 0 Å². The molecular formula is C20H22N2OS. The molecule has 1 atom stereocenters. The molecule has 0 amide bonds. The summed E-state index contributed by atoms with van der Waals surface area (Å²) in [6.07, 6.45) is 1.85. The SMILES string of the molecule is O[C@H](CN1CCC(c2nc3ccccc3s2)CC1)c1ccccc1. The van der Waals surface area contributed by atoms with Crippen molar-refractivity contribution in [3.63, 3.8) is 0 Å². The fraction of sp³-hybridized carbons (Fsp3) is 0.350. The van der Waals surface area contributed by atoms with Gasteiger partial charge in [0.05, 0.1) is 21.3 Å². The molecule has 2 heterocycles. The summed E-state index contributed by atoms with van der Waals surface area (Å²) in [6.45, 7) is 2.78. The molecule has 1 aliphatic heterocycles. The second kappa shape index (κ2) is 7.01. The van der Waals surface area contributed by atoms with Gasteiger partial charge >= 0.3 is 0 Å². The van der Waals surface area contributed by atoms with Gasteiger partial charge in [-0.15, -0.1) is 11.3 Å². The van der Waals surface area contributed by atoms with Crippen molar-refractivity contribution in [3.05, 3.63) is 65.2 Å². The van der Waals surface area contributed by atoms with Gasteiger partial charge in [0.25, 0.3) is 0 Å². The quantitative estimate of drug-likeness (QED) is 0.774. The van der Waals surface area contributed by atoms with E-state index in [0.717, 1.165) is 43.6 Å². The topological polar surface area (TPSA) is 36.4 Å². The third-order valence-electron chi connectivity index (χ3n) is 4.86. The van der Waals surface area contributed by atoms with E-state index in [1.807, 2.05) is 41.7 Å². The zero-order valence-corrected chi connectivity index (χ0v) is 14.5. The van der Waals surface area contributed by atoms with E-state index >= 15 is 0 Å². The minimum atomic E-state index is -0.398. The average Bonchev–Trinajstić information content (AvgIpc) is 3.07. The number of rotatable bonds is 4. The lowest BCUT2D eigenvalue weighted by Gasteiger charge is -2.32. The van der Waals surface area contributed by atoms with Gasteiger partial charge in [0, 0.05) is 12.5 Å². The molecule has 1 fully saturated rings. The molecule has 0 unspecified atom stereocenters. The number of benzene rings is 2. The van der Waals surface area contributed by atoms with E-state index in [2.05, 4.69) is 29.2 Å². The Hall–Kier alpha value is -1.75. The highest BCUT2D eigenvalue weighted by atomic mass is 32.1. The number of para-hydroxylation sites is 1. The fourth-order valence-corrected chi connectivity index (χ4v) is 4.59. The summed E-state index contributed by atoms with van der Waals surface area (Å²) >= 11 is 1.84. The normalized spacial score (nSPS) is 18.0. The lowest BCUT2D eigenvalue weighted by atomic mass is 9.97. The van der Waals surface area contributed by atoms with Gasteiger partial charge in [-0.3, -0.25) is 0 Å². The maximum absolute atomic E-state index is 10.4. The molecule has 0 spiro atoms. The van der Waals surface area contributed by atoms with Crippen molar-refractivity contribution < 1.29 is 5.11 Å². The highest BCUT2D eigenvalue weighted by Gasteiger charge is 2.24. The number of hydrogen-bond acceptors (Lipinski definition) is 4. The first-order chi connectivity index (χ1) is 11.8. The molecule has 4 heteroatoms. The first-order valence-corrected chi connectivity index (χ1v) is 9.42. The van der Waals surface area contributed by atoms with E-state index in [1.165, 1.54) is 9.71 Å². The Morgan fingerprint density at radius 2 is 1.75 bits per heavy atom. The Morgan fingerprint density at radius 3 is 2.50 bits per heavy atom. The second-order valence-corrected chi connectivity index (χ2v) is 7.58. The zero-order valence-electron chi connectivity index (χ0n) is 13.6. The molecule has 0 radical (unpaired) electrons. The maximum atomic E-state index is 10.4. The summed E-state index contributed by atoms with van der Waals surface area (Å²) in [5.74, 6) is 0.563. The predicted octanol–water partition coefficient (Wildman–Crippen LogP) is 4.21. The van der Waals surface area contributed by atoms with Crippen molar-refractivity contribution >= 4 is 21.6 Å². The van der Waals surface area contributed by atoms with E-state index in [1.54, 1.807) is 0 Å². The largest absolute Gasteiger partial charge is 0.387 e. The number of likely N-dealkylation sites (tertiary alicyclic amines) is 1. The highest BCUT2D eigenvalue weighted by Crippen LogP contribution is 2.34. The number of β-amino-alcohol motifs (C(OH)–C–C–N with tert-alkyl or cyclic N) is 1. The first kappa shape index (κ1) is 15.8. The van der Waals surface area contributed by atoms with Gasteiger partial charge in [0.15, 0.2) is 0 Å². The van der Waals surface area contributed by atoms with Crippen molar-refractivity contribution in [3.8, 4) is 0 Å². The van der Waals surface area contributed by atoms with Crippen LogP contribution in [0.3, 0.4) is 0 Å². The van der Waals surface area contributed by atoms with Crippen LogP contribution in [0.4, 0.5) is 0 Å². The lowest BCUT2D eigenvalue weighted by molar-refractivity contribution is 0.0972.